The van der Waals surface area contributed by atoms with Gasteiger partial charge in [-0.3, -0.25) is 0 Å². The Kier molecular flexibility index (Phi) is 4.08. The molecule has 0 spiro atoms. The zero-order chi connectivity index (χ0) is 18.1. The van der Waals surface area contributed by atoms with Crippen molar-refractivity contribution in [3.63, 3.8) is 0 Å². The summed E-state index contributed by atoms with van der Waals surface area (Å²) < 4.78 is 5.47. The van der Waals surface area contributed by atoms with Gasteiger partial charge in [0, 0.05) is 47.6 Å². The molecule has 1 aromatic carbocycles. The number of nitrogens with zero attached hydrogens (tertiary/aromatic N) is 2. The monoisotopic (exact) mass is 349 g/mol. The zero-order valence-corrected chi connectivity index (χ0v) is 14.4. The van der Waals surface area contributed by atoms with Gasteiger partial charge in [0.25, 0.3) is 0 Å². The number of rotatable bonds is 3. The molecule has 1 aliphatic rings. The molecule has 0 aliphatic carbocycles. The van der Waals surface area contributed by atoms with Gasteiger partial charge in [-0.25, -0.2) is 9.78 Å². The van der Waals surface area contributed by atoms with Gasteiger partial charge in [-0.15, -0.1) is 0 Å². The molecule has 0 saturated carbocycles. The van der Waals surface area contributed by atoms with Crippen LogP contribution < -0.4 is 4.74 Å². The van der Waals surface area contributed by atoms with Crippen molar-refractivity contribution in [1.82, 2.24) is 14.9 Å². The molecule has 2 N–H and O–H groups in total. The van der Waals surface area contributed by atoms with E-state index in [4.69, 9.17) is 9.84 Å². The van der Waals surface area contributed by atoms with E-state index < -0.39 is 6.09 Å². The number of ether oxygens (including phenoxy) is 1. The average Bonchev–Trinajstić information content (AvgIpc) is 3.11. The Hall–Kier alpha value is -3.28. The number of amides is 1. The number of aromatic amines is 1. The fourth-order valence-electron chi connectivity index (χ4n) is 3.39. The first-order valence-electron chi connectivity index (χ1n) is 8.45. The first-order valence-corrected chi connectivity index (χ1v) is 8.45. The van der Waals surface area contributed by atoms with Crippen LogP contribution in [0.5, 0.6) is 5.75 Å². The summed E-state index contributed by atoms with van der Waals surface area (Å²) in [6.07, 6.45) is 5.58. The number of H-pyrrole nitrogens is 1. The third kappa shape index (κ3) is 2.79. The van der Waals surface area contributed by atoms with Crippen molar-refractivity contribution in [3.8, 4) is 16.9 Å². The number of hydrogen-bond acceptors (Lipinski definition) is 3. The molecule has 3 heterocycles. The molecule has 6 nitrogen and oxygen atoms in total. The predicted molar refractivity (Wildman–Crippen MR) is 100 cm³/mol. The topological polar surface area (TPSA) is 78.5 Å². The molecule has 3 aromatic rings. The number of methoxy groups -OCH3 is 1. The van der Waals surface area contributed by atoms with Gasteiger partial charge in [-0.2, -0.15) is 0 Å². The van der Waals surface area contributed by atoms with Gasteiger partial charge in [-0.05, 0) is 24.1 Å². The Morgan fingerprint density at radius 1 is 1.31 bits per heavy atom. The van der Waals surface area contributed by atoms with E-state index in [-0.39, 0.29) is 0 Å². The molecule has 1 amide bonds. The number of fused-ring (bicyclic) bond motifs is 1. The lowest BCUT2D eigenvalue weighted by Crippen LogP contribution is -2.33. The van der Waals surface area contributed by atoms with Crippen LogP contribution in [0.25, 0.3) is 27.7 Å². The average molecular weight is 349 g/mol. The van der Waals surface area contributed by atoms with E-state index in [2.05, 4.69) is 16.0 Å². The Morgan fingerprint density at radius 3 is 2.88 bits per heavy atom. The number of para-hydroxylation sites is 1. The van der Waals surface area contributed by atoms with Crippen molar-refractivity contribution in [2.45, 2.75) is 6.42 Å². The van der Waals surface area contributed by atoms with Crippen LogP contribution in [0.2, 0.25) is 0 Å². The van der Waals surface area contributed by atoms with Crippen LogP contribution >= 0.6 is 0 Å². The minimum absolute atomic E-state index is 0.414. The SMILES string of the molecule is COc1ccccc1-c1cnc2[nH]cc(C3=CCN(C(=O)O)CC3)c2c1. The van der Waals surface area contributed by atoms with Crippen LogP contribution in [-0.2, 0) is 0 Å². The van der Waals surface area contributed by atoms with Gasteiger partial charge in [-0.1, -0.05) is 24.3 Å². The third-order valence-corrected chi connectivity index (χ3v) is 4.77. The highest BCUT2D eigenvalue weighted by Gasteiger charge is 2.19. The lowest BCUT2D eigenvalue weighted by molar-refractivity contribution is 0.150. The van der Waals surface area contributed by atoms with Crippen molar-refractivity contribution in [1.29, 1.82) is 0 Å². The summed E-state index contributed by atoms with van der Waals surface area (Å²) in [6.45, 7) is 0.921. The number of pyridine rings is 1. The van der Waals surface area contributed by atoms with Crippen LogP contribution in [0.4, 0.5) is 4.79 Å². The van der Waals surface area contributed by atoms with Crippen molar-refractivity contribution < 1.29 is 14.6 Å². The molecule has 0 unspecified atom stereocenters. The lowest BCUT2D eigenvalue weighted by atomic mass is 9.98. The third-order valence-electron chi connectivity index (χ3n) is 4.77. The number of benzene rings is 1. The highest BCUT2D eigenvalue weighted by molar-refractivity contribution is 5.93. The largest absolute Gasteiger partial charge is 0.496 e. The summed E-state index contributed by atoms with van der Waals surface area (Å²) >= 11 is 0. The normalized spacial score (nSPS) is 14.3. The highest BCUT2D eigenvalue weighted by Crippen LogP contribution is 2.34. The van der Waals surface area contributed by atoms with Crippen molar-refractivity contribution in [2.75, 3.05) is 20.2 Å². The van der Waals surface area contributed by atoms with Crippen LogP contribution in [0, 0.1) is 0 Å². The van der Waals surface area contributed by atoms with E-state index in [0.717, 1.165) is 39.0 Å². The quantitative estimate of drug-likeness (QED) is 0.749. The molecule has 0 atom stereocenters. The molecule has 6 heteroatoms. The predicted octanol–water partition coefficient (Wildman–Crippen LogP) is 4.01. The van der Waals surface area contributed by atoms with Gasteiger partial charge >= 0.3 is 6.09 Å². The standard InChI is InChI=1S/C20H19N3O3/c1-26-18-5-3-2-4-15(18)14-10-16-17(12-22-19(16)21-11-14)13-6-8-23(9-7-13)20(24)25/h2-6,10-12H,7-9H2,1H3,(H,21,22)(H,24,25). The maximum absolute atomic E-state index is 11.1. The Balaban J connectivity index is 1.75. The summed E-state index contributed by atoms with van der Waals surface area (Å²) in [7, 11) is 1.66. The van der Waals surface area contributed by atoms with Crippen LogP contribution in [-0.4, -0.2) is 46.3 Å². The van der Waals surface area contributed by atoms with Crippen molar-refractivity contribution >= 4 is 22.7 Å². The first-order chi connectivity index (χ1) is 12.7. The zero-order valence-electron chi connectivity index (χ0n) is 14.4. The number of nitrogens with one attached hydrogen (secondary N) is 1. The summed E-state index contributed by atoms with van der Waals surface area (Å²) in [5, 5.41) is 10.1. The number of carbonyl (C=O) groups is 1. The lowest BCUT2D eigenvalue weighted by Gasteiger charge is -2.23. The number of aromatic nitrogens is 2. The molecule has 0 saturated heterocycles. The van der Waals surface area contributed by atoms with Crippen LogP contribution in [0.1, 0.15) is 12.0 Å². The maximum atomic E-state index is 11.1. The van der Waals surface area contributed by atoms with E-state index in [1.807, 2.05) is 42.7 Å². The second kappa shape index (κ2) is 6.55. The van der Waals surface area contributed by atoms with Crippen molar-refractivity contribution in [2.24, 2.45) is 0 Å². The van der Waals surface area contributed by atoms with E-state index >= 15 is 0 Å². The molecule has 4 rings (SSSR count). The van der Waals surface area contributed by atoms with Gasteiger partial charge in [0.05, 0.1) is 7.11 Å². The number of carboxylic acid groups (broad SMARTS) is 1. The Morgan fingerprint density at radius 2 is 2.15 bits per heavy atom. The first kappa shape index (κ1) is 16.2. The molecular weight excluding hydrogens is 330 g/mol. The van der Waals surface area contributed by atoms with Gasteiger partial charge in [0.1, 0.15) is 11.4 Å². The van der Waals surface area contributed by atoms with Crippen molar-refractivity contribution in [3.05, 3.63) is 54.4 Å². The maximum Gasteiger partial charge on any atom is 0.407 e. The number of hydrogen-bond donors (Lipinski definition) is 2. The highest BCUT2D eigenvalue weighted by atomic mass is 16.5. The second-order valence-corrected chi connectivity index (χ2v) is 6.23. The fourth-order valence-corrected chi connectivity index (χ4v) is 3.39. The molecule has 2 aromatic heterocycles. The second-order valence-electron chi connectivity index (χ2n) is 6.23. The van der Waals surface area contributed by atoms with Crippen LogP contribution in [0.3, 0.4) is 0 Å². The van der Waals surface area contributed by atoms with Gasteiger partial charge in [0.15, 0.2) is 0 Å². The summed E-state index contributed by atoms with van der Waals surface area (Å²) in [5.74, 6) is 0.805. The summed E-state index contributed by atoms with van der Waals surface area (Å²) in [4.78, 5) is 20.3. The molecule has 1 aliphatic heterocycles. The molecular formula is C20H19N3O3. The van der Waals surface area contributed by atoms with E-state index in [1.54, 1.807) is 7.11 Å². The Labute approximate surface area is 150 Å². The minimum atomic E-state index is -0.876. The van der Waals surface area contributed by atoms with E-state index in [9.17, 15) is 4.79 Å². The molecule has 26 heavy (non-hydrogen) atoms. The minimum Gasteiger partial charge on any atom is -0.496 e. The van der Waals surface area contributed by atoms with Crippen LogP contribution in [0.15, 0.2) is 48.8 Å². The molecule has 0 radical (unpaired) electrons. The van der Waals surface area contributed by atoms with Gasteiger partial charge < -0.3 is 19.7 Å². The molecule has 132 valence electrons. The van der Waals surface area contributed by atoms with E-state index in [0.29, 0.717) is 19.5 Å². The fraction of sp³-hybridized carbons (Fsp3) is 0.200. The molecule has 0 fully saturated rings. The van der Waals surface area contributed by atoms with E-state index in [1.165, 1.54) is 4.90 Å². The molecule has 0 bridgehead atoms. The summed E-state index contributed by atoms with van der Waals surface area (Å²) in [5.41, 5.74) is 5.02. The van der Waals surface area contributed by atoms with Gasteiger partial charge in [0.2, 0.25) is 0 Å². The smallest absolute Gasteiger partial charge is 0.407 e. The summed E-state index contributed by atoms with van der Waals surface area (Å²) in [6, 6.07) is 9.97. The Bertz CT molecular complexity index is 1010.